The van der Waals surface area contributed by atoms with E-state index >= 15 is 0 Å². The number of benzene rings is 2. The first-order valence-corrected chi connectivity index (χ1v) is 9.44. The third-order valence-corrected chi connectivity index (χ3v) is 5.13. The van der Waals surface area contributed by atoms with Crippen molar-refractivity contribution in [2.45, 2.75) is 39.3 Å². The van der Waals surface area contributed by atoms with E-state index < -0.39 is 0 Å². The van der Waals surface area contributed by atoms with Gasteiger partial charge < -0.3 is 4.74 Å². The lowest BCUT2D eigenvalue weighted by Crippen LogP contribution is -2.36. The number of allylic oxidation sites excluding steroid dienone is 1. The average molecular weight is 349 g/mol. The van der Waals surface area contributed by atoms with Crippen molar-refractivity contribution in [2.24, 2.45) is 0 Å². The number of ether oxygens (including phenoxy) is 1. The fourth-order valence-corrected chi connectivity index (χ4v) is 3.59. The molecule has 1 aliphatic carbocycles. The molecule has 1 aliphatic rings. The van der Waals surface area contributed by atoms with Gasteiger partial charge in [-0.25, -0.2) is 0 Å². The first-order chi connectivity index (χ1) is 12.6. The minimum Gasteiger partial charge on any atom is -0.475 e. The second-order valence-electron chi connectivity index (χ2n) is 6.65. The Balaban J connectivity index is 1.73. The fourth-order valence-electron chi connectivity index (χ4n) is 3.59. The van der Waals surface area contributed by atoms with Gasteiger partial charge in [0.1, 0.15) is 12.0 Å². The van der Waals surface area contributed by atoms with Crippen LogP contribution < -0.4 is 4.74 Å². The van der Waals surface area contributed by atoms with Gasteiger partial charge in [-0.2, -0.15) is 0 Å². The monoisotopic (exact) mass is 349 g/mol. The van der Waals surface area contributed by atoms with Crippen molar-refractivity contribution in [1.82, 2.24) is 4.90 Å². The lowest BCUT2D eigenvalue weighted by Gasteiger charge is -2.27. The zero-order valence-corrected chi connectivity index (χ0v) is 15.8. The first-order valence-electron chi connectivity index (χ1n) is 9.44. The van der Waals surface area contributed by atoms with Crippen molar-refractivity contribution >= 4 is 11.9 Å². The molecule has 3 nitrogen and oxygen atoms in total. The van der Waals surface area contributed by atoms with Crippen LogP contribution in [0.5, 0.6) is 5.75 Å². The largest absolute Gasteiger partial charge is 0.475 e. The molecular weight excluding hydrogens is 322 g/mol. The molecule has 2 atom stereocenters. The van der Waals surface area contributed by atoms with Crippen molar-refractivity contribution in [3.8, 4) is 5.75 Å². The molecule has 0 fully saturated rings. The van der Waals surface area contributed by atoms with Crippen molar-refractivity contribution in [3.05, 3.63) is 71.3 Å². The van der Waals surface area contributed by atoms with E-state index in [4.69, 9.17) is 4.74 Å². The molecule has 26 heavy (non-hydrogen) atoms. The van der Waals surface area contributed by atoms with Gasteiger partial charge in [-0.05, 0) is 61.8 Å². The van der Waals surface area contributed by atoms with Crippen LogP contribution in [0.2, 0.25) is 0 Å². The quantitative estimate of drug-likeness (QED) is 0.512. The lowest BCUT2D eigenvalue weighted by atomic mass is 9.82. The zero-order chi connectivity index (χ0) is 18.5. The van der Waals surface area contributed by atoms with Crippen LogP contribution in [0.25, 0.3) is 6.08 Å². The number of hydrogen-bond acceptors (Lipinski definition) is 3. The van der Waals surface area contributed by atoms with Crippen LogP contribution in [-0.4, -0.2) is 30.0 Å². The number of ketones is 1. The van der Waals surface area contributed by atoms with Crippen LogP contribution in [0.3, 0.4) is 0 Å². The molecule has 2 aromatic rings. The van der Waals surface area contributed by atoms with Gasteiger partial charge in [-0.15, -0.1) is 0 Å². The molecule has 0 radical (unpaired) electrons. The van der Waals surface area contributed by atoms with E-state index in [0.29, 0.717) is 0 Å². The number of carbonyl (C=O) groups excluding carboxylic acids is 1. The van der Waals surface area contributed by atoms with Gasteiger partial charge >= 0.3 is 0 Å². The SMILES string of the molecule is CCN(CC)C(C)Oc1ccc(C(=O)C2CC=Cc3ccccc32)cc1. The minimum atomic E-state index is -0.0995. The van der Waals surface area contributed by atoms with Gasteiger partial charge in [-0.3, -0.25) is 9.69 Å². The molecule has 0 amide bonds. The van der Waals surface area contributed by atoms with E-state index in [9.17, 15) is 4.79 Å². The normalized spacial score (nSPS) is 17.0. The predicted octanol–water partition coefficient (Wildman–Crippen LogP) is 5.14. The van der Waals surface area contributed by atoms with Crippen LogP contribution in [-0.2, 0) is 0 Å². The van der Waals surface area contributed by atoms with Gasteiger partial charge in [0.25, 0.3) is 0 Å². The van der Waals surface area contributed by atoms with Crippen LogP contribution >= 0.6 is 0 Å². The highest BCUT2D eigenvalue weighted by Crippen LogP contribution is 2.32. The number of fused-ring (bicyclic) bond motifs is 1. The third kappa shape index (κ3) is 3.88. The Kier molecular flexibility index (Phi) is 5.89. The topological polar surface area (TPSA) is 29.5 Å². The Labute approximate surface area is 156 Å². The van der Waals surface area contributed by atoms with Crippen LogP contribution in [0.15, 0.2) is 54.6 Å². The molecule has 0 bridgehead atoms. The number of hydrogen-bond donors (Lipinski definition) is 0. The Morgan fingerprint density at radius 2 is 1.81 bits per heavy atom. The highest BCUT2D eigenvalue weighted by molar-refractivity contribution is 6.02. The Bertz CT molecular complexity index is 775. The summed E-state index contributed by atoms with van der Waals surface area (Å²) in [5.74, 6) is 0.868. The maximum absolute atomic E-state index is 13.0. The molecule has 0 aliphatic heterocycles. The maximum atomic E-state index is 13.0. The van der Waals surface area contributed by atoms with E-state index in [0.717, 1.165) is 42.0 Å². The van der Waals surface area contributed by atoms with Crippen LogP contribution in [0.4, 0.5) is 0 Å². The smallest absolute Gasteiger partial charge is 0.170 e. The molecule has 0 aromatic heterocycles. The van der Waals surface area contributed by atoms with Crippen molar-refractivity contribution in [2.75, 3.05) is 13.1 Å². The van der Waals surface area contributed by atoms with Gasteiger partial charge in [0.2, 0.25) is 0 Å². The predicted molar refractivity (Wildman–Crippen MR) is 107 cm³/mol. The second kappa shape index (κ2) is 8.33. The van der Waals surface area contributed by atoms with Gasteiger partial charge in [0.15, 0.2) is 5.78 Å². The first kappa shape index (κ1) is 18.4. The molecule has 0 saturated heterocycles. The highest BCUT2D eigenvalue weighted by atomic mass is 16.5. The number of rotatable bonds is 7. The number of Topliss-reactive ketones (excluding diaryl/α,β-unsaturated/α-hetero) is 1. The fraction of sp³-hybridized carbons (Fsp3) is 0.348. The molecule has 3 heteroatoms. The molecule has 2 unspecified atom stereocenters. The highest BCUT2D eigenvalue weighted by Gasteiger charge is 2.24. The third-order valence-electron chi connectivity index (χ3n) is 5.13. The zero-order valence-electron chi connectivity index (χ0n) is 15.8. The molecule has 0 saturated carbocycles. The summed E-state index contributed by atoms with van der Waals surface area (Å²) in [5, 5.41) is 0. The Morgan fingerprint density at radius 1 is 1.12 bits per heavy atom. The van der Waals surface area contributed by atoms with E-state index in [-0.39, 0.29) is 17.9 Å². The summed E-state index contributed by atoms with van der Waals surface area (Å²) in [4.78, 5) is 15.3. The van der Waals surface area contributed by atoms with Gasteiger partial charge in [-0.1, -0.05) is 50.3 Å². The Morgan fingerprint density at radius 3 is 2.50 bits per heavy atom. The second-order valence-corrected chi connectivity index (χ2v) is 6.65. The molecule has 3 rings (SSSR count). The molecule has 0 spiro atoms. The standard InChI is InChI=1S/C23H27NO2/c1-4-24(5-2)17(3)26-20-15-13-19(14-16-20)23(25)22-12-8-10-18-9-6-7-11-21(18)22/h6-11,13-17,22H,4-5,12H2,1-3H3. The number of nitrogens with zero attached hydrogens (tertiary/aromatic N) is 1. The molecule has 136 valence electrons. The summed E-state index contributed by atoms with van der Waals surface area (Å²) in [6.45, 7) is 8.20. The molecule has 0 N–H and O–H groups in total. The van der Waals surface area contributed by atoms with E-state index in [1.807, 2.05) is 36.4 Å². The van der Waals surface area contributed by atoms with Crippen LogP contribution in [0.1, 0.15) is 54.6 Å². The van der Waals surface area contributed by atoms with Gasteiger partial charge in [0, 0.05) is 5.56 Å². The van der Waals surface area contributed by atoms with Crippen molar-refractivity contribution < 1.29 is 9.53 Å². The van der Waals surface area contributed by atoms with Gasteiger partial charge in [0.05, 0.1) is 5.92 Å². The minimum absolute atomic E-state index is 0.0157. The maximum Gasteiger partial charge on any atom is 0.170 e. The van der Waals surface area contributed by atoms with Crippen LogP contribution in [0, 0.1) is 0 Å². The summed E-state index contributed by atoms with van der Waals surface area (Å²) in [6.07, 6.45) is 4.97. The number of carbonyl (C=O) groups is 1. The molecule has 0 heterocycles. The lowest BCUT2D eigenvalue weighted by molar-refractivity contribution is 0.0481. The summed E-state index contributed by atoms with van der Waals surface area (Å²) < 4.78 is 6.00. The molecule has 2 aromatic carbocycles. The van der Waals surface area contributed by atoms with Crippen molar-refractivity contribution in [1.29, 1.82) is 0 Å². The summed E-state index contributed by atoms with van der Waals surface area (Å²) in [7, 11) is 0. The average Bonchev–Trinajstić information content (AvgIpc) is 2.68. The van der Waals surface area contributed by atoms with E-state index in [1.165, 1.54) is 0 Å². The summed E-state index contributed by atoms with van der Waals surface area (Å²) in [6, 6.07) is 15.7. The Hall–Kier alpha value is -2.39. The summed E-state index contributed by atoms with van der Waals surface area (Å²) in [5.41, 5.74) is 3.00. The van der Waals surface area contributed by atoms with E-state index in [1.54, 1.807) is 0 Å². The van der Waals surface area contributed by atoms with E-state index in [2.05, 4.69) is 50.0 Å². The van der Waals surface area contributed by atoms with Crippen molar-refractivity contribution in [3.63, 3.8) is 0 Å². The molecular formula is C23H27NO2. The summed E-state index contributed by atoms with van der Waals surface area (Å²) >= 11 is 0.